The highest BCUT2D eigenvalue weighted by atomic mass is 19.4. The van der Waals surface area contributed by atoms with Crippen molar-refractivity contribution in [3.05, 3.63) is 29.6 Å². The molecule has 0 unspecified atom stereocenters. The molecule has 0 bridgehead atoms. The summed E-state index contributed by atoms with van der Waals surface area (Å²) in [7, 11) is 1.85. The Labute approximate surface area is 184 Å². The molecule has 2 aliphatic rings. The van der Waals surface area contributed by atoms with Crippen molar-refractivity contribution in [1.82, 2.24) is 15.0 Å². The number of carbonyl (C=O) groups excluding carboxylic acids is 1. The smallest absolute Gasteiger partial charge is 0.367 e. The number of rotatable bonds is 5. The monoisotopic (exact) mass is 449 g/mol. The van der Waals surface area contributed by atoms with Crippen LogP contribution in [0.1, 0.15) is 38.1 Å². The number of anilines is 4. The molecule has 0 radical (unpaired) electrons. The second-order valence-electron chi connectivity index (χ2n) is 8.68. The van der Waals surface area contributed by atoms with Gasteiger partial charge in [0, 0.05) is 19.1 Å². The number of amides is 1. The van der Waals surface area contributed by atoms with Crippen molar-refractivity contribution in [3.63, 3.8) is 0 Å². The molecule has 1 saturated carbocycles. The first-order valence-electron chi connectivity index (χ1n) is 10.5. The Morgan fingerprint density at radius 1 is 1.12 bits per heavy atom. The Bertz CT molecular complexity index is 1020. The molecule has 1 aliphatic heterocycles. The zero-order valence-electron chi connectivity index (χ0n) is 18.3. The highest BCUT2D eigenvalue weighted by Crippen LogP contribution is 2.35. The van der Waals surface area contributed by atoms with Gasteiger partial charge in [0.25, 0.3) is 0 Å². The van der Waals surface area contributed by atoms with Gasteiger partial charge in [0.05, 0.1) is 5.69 Å². The molecular weight excluding hydrogens is 423 g/mol. The van der Waals surface area contributed by atoms with Gasteiger partial charge < -0.3 is 20.9 Å². The van der Waals surface area contributed by atoms with Crippen molar-refractivity contribution in [3.8, 4) is 0 Å². The van der Waals surface area contributed by atoms with Gasteiger partial charge in [-0.05, 0) is 37.8 Å². The van der Waals surface area contributed by atoms with Crippen LogP contribution in [-0.4, -0.2) is 46.0 Å². The summed E-state index contributed by atoms with van der Waals surface area (Å²) in [5, 5.41) is 9.26. The van der Waals surface area contributed by atoms with Crippen molar-refractivity contribution in [2.75, 3.05) is 27.9 Å². The molecule has 1 fully saturated rings. The summed E-state index contributed by atoms with van der Waals surface area (Å²) >= 11 is 0. The molecule has 0 aromatic carbocycles. The van der Waals surface area contributed by atoms with Gasteiger partial charge in [0.2, 0.25) is 11.9 Å². The Kier molecular flexibility index (Phi) is 5.59. The fourth-order valence-corrected chi connectivity index (χ4v) is 4.20. The molecule has 0 spiro atoms. The summed E-state index contributed by atoms with van der Waals surface area (Å²) < 4.78 is 38.5. The van der Waals surface area contributed by atoms with Crippen molar-refractivity contribution < 1.29 is 18.0 Å². The first-order valence-corrected chi connectivity index (χ1v) is 10.5. The van der Waals surface area contributed by atoms with Crippen molar-refractivity contribution >= 4 is 29.2 Å². The number of carbonyl (C=O) groups is 1. The van der Waals surface area contributed by atoms with E-state index in [1.54, 1.807) is 0 Å². The van der Waals surface area contributed by atoms with E-state index in [9.17, 15) is 18.0 Å². The molecule has 8 nitrogen and oxygen atoms in total. The number of nitrogens with one attached hydrogen (secondary N) is 3. The van der Waals surface area contributed by atoms with Crippen LogP contribution in [0.15, 0.2) is 18.2 Å². The Hall–Kier alpha value is -3.11. The first-order chi connectivity index (χ1) is 15.0. The van der Waals surface area contributed by atoms with Crippen LogP contribution in [0.25, 0.3) is 0 Å². The molecule has 3 heterocycles. The van der Waals surface area contributed by atoms with Gasteiger partial charge in [0.15, 0.2) is 5.82 Å². The third-order valence-corrected chi connectivity index (χ3v) is 5.83. The number of likely N-dealkylation sites (N-methyl/N-ethyl adjacent to an activating group) is 1. The predicted molar refractivity (Wildman–Crippen MR) is 116 cm³/mol. The number of hydrogen-bond donors (Lipinski definition) is 3. The van der Waals surface area contributed by atoms with E-state index in [1.165, 1.54) is 12.1 Å². The summed E-state index contributed by atoms with van der Waals surface area (Å²) in [5.74, 6) is 1.38. The summed E-state index contributed by atoms with van der Waals surface area (Å²) in [6.45, 7) is 5.79. The van der Waals surface area contributed by atoms with E-state index in [-0.39, 0.29) is 35.8 Å². The quantitative estimate of drug-likeness (QED) is 0.641. The fraction of sp³-hybridized carbons (Fsp3) is 0.524. The fourth-order valence-electron chi connectivity index (χ4n) is 4.20. The van der Waals surface area contributed by atoms with Crippen LogP contribution in [0.5, 0.6) is 0 Å². The lowest BCUT2D eigenvalue weighted by atomic mass is 9.87. The molecule has 3 N–H and O–H groups in total. The average Bonchev–Trinajstić information content (AvgIpc) is 2.66. The lowest BCUT2D eigenvalue weighted by molar-refractivity contribution is -0.141. The van der Waals surface area contributed by atoms with Crippen LogP contribution in [0, 0.1) is 12.8 Å². The van der Waals surface area contributed by atoms with Gasteiger partial charge in [-0.2, -0.15) is 18.2 Å². The lowest BCUT2D eigenvalue weighted by Gasteiger charge is -2.38. The SMILES string of the molecule is Cc1nc(NC2CC(Nc3cccc(C(F)(F)F)n3)C2)nc2c1NC(=O)[C@H](C(C)C)N2C. The Morgan fingerprint density at radius 3 is 2.47 bits per heavy atom. The number of halogens is 3. The highest BCUT2D eigenvalue weighted by Gasteiger charge is 2.37. The minimum absolute atomic E-state index is 0.00879. The van der Waals surface area contributed by atoms with Gasteiger partial charge >= 0.3 is 6.18 Å². The molecule has 172 valence electrons. The lowest BCUT2D eigenvalue weighted by Crippen LogP contribution is -2.50. The zero-order valence-corrected chi connectivity index (χ0v) is 18.3. The maximum atomic E-state index is 12.8. The van der Waals surface area contributed by atoms with E-state index in [1.807, 2.05) is 32.7 Å². The molecule has 1 aliphatic carbocycles. The molecule has 2 aromatic rings. The molecule has 1 amide bonds. The number of alkyl halides is 3. The molecular formula is C21H26F3N7O. The number of nitrogens with zero attached hydrogens (tertiary/aromatic N) is 4. The predicted octanol–water partition coefficient (Wildman–Crippen LogP) is 3.67. The highest BCUT2D eigenvalue weighted by molar-refractivity contribution is 6.03. The second kappa shape index (κ2) is 8.10. The van der Waals surface area contributed by atoms with Gasteiger partial charge in [-0.3, -0.25) is 4.79 Å². The number of aromatic nitrogens is 3. The minimum atomic E-state index is -4.47. The number of pyridine rings is 1. The molecule has 32 heavy (non-hydrogen) atoms. The minimum Gasteiger partial charge on any atom is -0.367 e. The van der Waals surface area contributed by atoms with Crippen molar-refractivity contribution in [2.45, 2.75) is 57.9 Å². The summed E-state index contributed by atoms with van der Waals surface area (Å²) in [5.41, 5.74) is 0.371. The van der Waals surface area contributed by atoms with Gasteiger partial charge in [-0.1, -0.05) is 19.9 Å². The largest absolute Gasteiger partial charge is 0.433 e. The maximum absolute atomic E-state index is 12.8. The van der Waals surface area contributed by atoms with E-state index in [4.69, 9.17) is 0 Å². The van der Waals surface area contributed by atoms with E-state index in [0.29, 0.717) is 36.0 Å². The van der Waals surface area contributed by atoms with Crippen LogP contribution in [0.2, 0.25) is 0 Å². The van der Waals surface area contributed by atoms with E-state index in [0.717, 1.165) is 6.07 Å². The average molecular weight is 449 g/mol. The van der Waals surface area contributed by atoms with Crippen LogP contribution in [-0.2, 0) is 11.0 Å². The normalized spacial score (nSPS) is 22.8. The van der Waals surface area contributed by atoms with E-state index >= 15 is 0 Å². The molecule has 1 atom stereocenters. The molecule has 11 heteroatoms. The van der Waals surface area contributed by atoms with Crippen LogP contribution in [0.3, 0.4) is 0 Å². The maximum Gasteiger partial charge on any atom is 0.433 e. The molecule has 0 saturated heterocycles. The number of hydrogen-bond acceptors (Lipinski definition) is 7. The van der Waals surface area contributed by atoms with Crippen molar-refractivity contribution in [2.24, 2.45) is 5.92 Å². The van der Waals surface area contributed by atoms with Crippen LogP contribution in [0.4, 0.5) is 36.4 Å². The van der Waals surface area contributed by atoms with E-state index < -0.39 is 11.9 Å². The molecule has 4 rings (SSSR count). The van der Waals surface area contributed by atoms with E-state index in [2.05, 4.69) is 30.9 Å². The summed E-state index contributed by atoms with van der Waals surface area (Å²) in [4.78, 5) is 27.1. The number of aryl methyl sites for hydroxylation is 1. The van der Waals surface area contributed by atoms with Gasteiger partial charge in [0.1, 0.15) is 23.2 Å². The van der Waals surface area contributed by atoms with Gasteiger partial charge in [-0.15, -0.1) is 0 Å². The van der Waals surface area contributed by atoms with Crippen LogP contribution < -0.4 is 20.9 Å². The third kappa shape index (κ3) is 4.28. The Morgan fingerprint density at radius 2 is 1.81 bits per heavy atom. The van der Waals surface area contributed by atoms with Gasteiger partial charge in [-0.25, -0.2) is 9.97 Å². The summed E-state index contributed by atoms with van der Waals surface area (Å²) in [6.07, 6.45) is -3.08. The zero-order chi connectivity index (χ0) is 23.2. The van der Waals surface area contributed by atoms with Crippen LogP contribution >= 0.6 is 0 Å². The standard InChI is InChI=1S/C21H26F3N7O/c1-10(2)17-19(32)29-16-11(3)25-20(30-18(16)31(17)4)27-13-8-12(9-13)26-15-7-5-6-14(28-15)21(22,23)24/h5-7,10,12-13,17H,8-9H2,1-4H3,(H,26,28)(H,29,32)(H,25,27,30)/t12?,13?,17-/m0/s1. The second-order valence-corrected chi connectivity index (χ2v) is 8.68. The molecule has 2 aromatic heterocycles. The van der Waals surface area contributed by atoms with Crippen molar-refractivity contribution in [1.29, 1.82) is 0 Å². The Balaban J connectivity index is 1.40. The first kappa shape index (κ1) is 22.1. The summed E-state index contributed by atoms with van der Waals surface area (Å²) in [6, 6.07) is 3.60. The number of fused-ring (bicyclic) bond motifs is 1. The third-order valence-electron chi connectivity index (χ3n) is 5.83. The topological polar surface area (TPSA) is 95.1 Å².